The maximum absolute atomic E-state index is 14.0. The van der Waals surface area contributed by atoms with Crippen LogP contribution in [0.15, 0.2) is 64.6 Å². The predicted molar refractivity (Wildman–Crippen MR) is 175 cm³/mol. The molecule has 3 aromatic carbocycles. The summed E-state index contributed by atoms with van der Waals surface area (Å²) in [7, 11) is 4.04. The molecule has 1 aromatic heterocycles. The summed E-state index contributed by atoms with van der Waals surface area (Å²) in [5.41, 5.74) is 1.49. The number of ether oxygens (including phenoxy) is 4. The summed E-state index contributed by atoms with van der Waals surface area (Å²) in [6.07, 6.45) is 6.35. The van der Waals surface area contributed by atoms with Crippen LogP contribution in [0, 0.1) is 0 Å². The fourth-order valence-corrected chi connectivity index (χ4v) is 7.66. The van der Waals surface area contributed by atoms with E-state index in [1.165, 1.54) is 72.5 Å². The Labute approximate surface area is 267 Å². The highest BCUT2D eigenvalue weighted by atomic mass is 32.2. The molecule has 1 aliphatic carbocycles. The Balaban J connectivity index is 1.50. The molecule has 0 atom stereocenters. The third kappa shape index (κ3) is 6.75. The first-order chi connectivity index (χ1) is 21.7. The second kappa shape index (κ2) is 13.8. The topological polar surface area (TPSA) is 120 Å². The average molecular weight is 653 g/mol. The molecule has 0 N–H and O–H groups in total. The largest absolute Gasteiger partial charge is 0.497 e. The van der Waals surface area contributed by atoms with Crippen LogP contribution in [0.2, 0.25) is 0 Å². The highest BCUT2D eigenvalue weighted by molar-refractivity contribution is 7.89. The lowest BCUT2D eigenvalue weighted by molar-refractivity contribution is 0.0987. The van der Waals surface area contributed by atoms with Gasteiger partial charge in [-0.05, 0) is 67.4 Å². The van der Waals surface area contributed by atoms with E-state index in [0.717, 1.165) is 36.8 Å². The van der Waals surface area contributed by atoms with Crippen LogP contribution in [0.5, 0.6) is 23.0 Å². The van der Waals surface area contributed by atoms with E-state index in [1.54, 1.807) is 32.4 Å². The number of thiazole rings is 1. The number of hydrogen-bond donors (Lipinski definition) is 0. The SMILES string of the molecule is COc1ccc2nc(N(/N=C/c3cc(OC)c(OC)c(OC)c3)C(=O)c3ccc(S(=O)(=O)N(C)C4CCCCC4)cc3)sc2c1. The van der Waals surface area contributed by atoms with Crippen molar-refractivity contribution in [2.75, 3.05) is 40.5 Å². The molecular formula is C32H36N4O7S2. The minimum absolute atomic E-state index is 0.0252. The molecule has 4 aromatic rings. The van der Waals surface area contributed by atoms with Crippen molar-refractivity contribution >= 4 is 48.8 Å². The maximum atomic E-state index is 14.0. The van der Waals surface area contributed by atoms with E-state index in [2.05, 4.69) is 10.1 Å². The van der Waals surface area contributed by atoms with Gasteiger partial charge in [0.2, 0.25) is 20.9 Å². The van der Waals surface area contributed by atoms with Crippen molar-refractivity contribution in [2.24, 2.45) is 5.10 Å². The molecule has 1 heterocycles. The van der Waals surface area contributed by atoms with Gasteiger partial charge >= 0.3 is 0 Å². The van der Waals surface area contributed by atoms with Gasteiger partial charge in [0.1, 0.15) is 5.75 Å². The van der Waals surface area contributed by atoms with E-state index in [9.17, 15) is 13.2 Å². The highest BCUT2D eigenvalue weighted by Crippen LogP contribution is 2.38. The number of hydrogen-bond acceptors (Lipinski definition) is 10. The van der Waals surface area contributed by atoms with Gasteiger partial charge in [-0.2, -0.15) is 14.4 Å². The summed E-state index contributed by atoms with van der Waals surface area (Å²) < 4.78 is 50.7. The molecule has 1 aliphatic rings. The molecule has 1 amide bonds. The van der Waals surface area contributed by atoms with Crippen molar-refractivity contribution in [3.05, 3.63) is 65.7 Å². The second-order valence-corrected chi connectivity index (χ2v) is 13.5. The Bertz CT molecular complexity index is 1780. The standard InChI is InChI=1S/C32H36N4O7S2/c1-35(23-9-7-6-8-10-23)45(38,39)25-14-11-22(12-15-25)31(37)36(32-34-26-16-13-24(40-2)19-29(26)44-32)33-20-21-17-27(41-3)30(43-5)28(18-21)42-4/h11-20,23H,6-10H2,1-5H3/b33-20+. The molecule has 0 radical (unpaired) electrons. The van der Waals surface area contributed by atoms with Crippen LogP contribution >= 0.6 is 11.3 Å². The van der Waals surface area contributed by atoms with Crippen LogP contribution in [0.3, 0.4) is 0 Å². The van der Waals surface area contributed by atoms with Crippen molar-refractivity contribution in [3.63, 3.8) is 0 Å². The van der Waals surface area contributed by atoms with E-state index >= 15 is 0 Å². The number of sulfonamides is 1. The first-order valence-corrected chi connectivity index (χ1v) is 16.7. The van der Waals surface area contributed by atoms with E-state index in [-0.39, 0.29) is 16.5 Å². The lowest BCUT2D eigenvalue weighted by atomic mass is 9.96. The quantitative estimate of drug-likeness (QED) is 0.144. The molecule has 0 saturated heterocycles. The molecule has 0 unspecified atom stereocenters. The van der Waals surface area contributed by atoms with Crippen LogP contribution < -0.4 is 24.0 Å². The number of hydrazone groups is 1. The van der Waals surface area contributed by atoms with Gasteiger partial charge in [0.05, 0.1) is 49.8 Å². The molecule has 5 rings (SSSR count). The Hall–Kier alpha value is -4.20. The van der Waals surface area contributed by atoms with Gasteiger partial charge in [-0.25, -0.2) is 13.4 Å². The molecule has 0 bridgehead atoms. The number of aromatic nitrogens is 1. The minimum Gasteiger partial charge on any atom is -0.497 e. The number of amides is 1. The Morgan fingerprint density at radius 1 is 0.911 bits per heavy atom. The Morgan fingerprint density at radius 3 is 2.18 bits per heavy atom. The molecule has 11 nitrogen and oxygen atoms in total. The van der Waals surface area contributed by atoms with Crippen LogP contribution in [0.25, 0.3) is 10.2 Å². The zero-order valence-corrected chi connectivity index (χ0v) is 27.5. The summed E-state index contributed by atoms with van der Waals surface area (Å²) in [6, 6.07) is 14.8. The number of benzene rings is 3. The van der Waals surface area contributed by atoms with Crippen LogP contribution in [0.1, 0.15) is 48.0 Å². The zero-order valence-electron chi connectivity index (χ0n) is 25.8. The van der Waals surface area contributed by atoms with E-state index in [4.69, 9.17) is 18.9 Å². The van der Waals surface area contributed by atoms with Gasteiger partial charge < -0.3 is 18.9 Å². The summed E-state index contributed by atoms with van der Waals surface area (Å²) in [5.74, 6) is 1.45. The lowest BCUT2D eigenvalue weighted by Crippen LogP contribution is -2.38. The third-order valence-corrected chi connectivity index (χ3v) is 10.8. The second-order valence-electron chi connectivity index (χ2n) is 10.5. The molecule has 45 heavy (non-hydrogen) atoms. The van der Waals surface area contributed by atoms with Gasteiger partial charge in [0.25, 0.3) is 5.91 Å². The number of nitrogens with zero attached hydrogens (tertiary/aromatic N) is 4. The molecule has 0 aliphatic heterocycles. The smallest absolute Gasteiger partial charge is 0.280 e. The Kier molecular flexibility index (Phi) is 9.90. The minimum atomic E-state index is -3.72. The molecule has 238 valence electrons. The third-order valence-electron chi connectivity index (χ3n) is 7.83. The van der Waals surface area contributed by atoms with Gasteiger partial charge in [0.15, 0.2) is 11.5 Å². The molecule has 1 fully saturated rings. The van der Waals surface area contributed by atoms with Crippen molar-refractivity contribution in [3.8, 4) is 23.0 Å². The number of carbonyl (C=O) groups is 1. The van der Waals surface area contributed by atoms with Crippen molar-refractivity contribution < 1.29 is 32.2 Å². The summed E-state index contributed by atoms with van der Waals surface area (Å²) in [4.78, 5) is 18.8. The zero-order chi connectivity index (χ0) is 32.1. The van der Waals surface area contributed by atoms with Crippen LogP contribution in [0.4, 0.5) is 5.13 Å². The highest BCUT2D eigenvalue weighted by Gasteiger charge is 2.30. The van der Waals surface area contributed by atoms with E-state index in [1.807, 2.05) is 12.1 Å². The normalized spacial score (nSPS) is 14.2. The summed E-state index contributed by atoms with van der Waals surface area (Å²) >= 11 is 1.27. The maximum Gasteiger partial charge on any atom is 0.280 e. The first-order valence-electron chi connectivity index (χ1n) is 14.4. The Morgan fingerprint density at radius 2 is 1.58 bits per heavy atom. The molecule has 1 saturated carbocycles. The predicted octanol–water partition coefficient (Wildman–Crippen LogP) is 5.96. The fourth-order valence-electron chi connectivity index (χ4n) is 5.30. The van der Waals surface area contributed by atoms with Crippen LogP contribution in [-0.2, 0) is 10.0 Å². The van der Waals surface area contributed by atoms with Gasteiger partial charge in [0, 0.05) is 24.2 Å². The van der Waals surface area contributed by atoms with Crippen LogP contribution in [-0.4, -0.2) is 71.4 Å². The van der Waals surface area contributed by atoms with Gasteiger partial charge in [-0.15, -0.1) is 0 Å². The summed E-state index contributed by atoms with van der Waals surface area (Å²) in [6.45, 7) is 0. The molecule has 13 heteroatoms. The monoisotopic (exact) mass is 652 g/mol. The fraction of sp³-hybridized carbons (Fsp3) is 0.344. The van der Waals surface area contributed by atoms with E-state index in [0.29, 0.717) is 39.2 Å². The summed E-state index contributed by atoms with van der Waals surface area (Å²) in [5, 5.41) is 6.05. The molecule has 0 spiro atoms. The van der Waals surface area contributed by atoms with Gasteiger partial charge in [-0.1, -0.05) is 30.6 Å². The number of carbonyl (C=O) groups excluding carboxylic acids is 1. The number of rotatable bonds is 11. The van der Waals surface area contributed by atoms with Gasteiger partial charge in [-0.3, -0.25) is 4.79 Å². The number of fused-ring (bicyclic) bond motifs is 1. The average Bonchev–Trinajstić information content (AvgIpc) is 3.50. The number of anilines is 1. The lowest BCUT2D eigenvalue weighted by Gasteiger charge is -2.30. The molecular weight excluding hydrogens is 617 g/mol. The van der Waals surface area contributed by atoms with Crippen molar-refractivity contribution in [2.45, 2.75) is 43.0 Å². The van der Waals surface area contributed by atoms with Crippen molar-refractivity contribution in [1.29, 1.82) is 0 Å². The van der Waals surface area contributed by atoms with Crippen molar-refractivity contribution in [1.82, 2.24) is 9.29 Å². The van der Waals surface area contributed by atoms with E-state index < -0.39 is 15.9 Å². The number of methoxy groups -OCH3 is 4. The first kappa shape index (κ1) is 32.2.